The maximum atomic E-state index is 12.1. The highest BCUT2D eigenvalue weighted by atomic mass is 19.1. The van der Waals surface area contributed by atoms with E-state index in [1.807, 2.05) is 13.0 Å². The van der Waals surface area contributed by atoms with Crippen LogP contribution in [0.3, 0.4) is 0 Å². The van der Waals surface area contributed by atoms with Crippen molar-refractivity contribution < 1.29 is 9.13 Å². The lowest BCUT2D eigenvalue weighted by Crippen LogP contribution is -2.13. The Morgan fingerprint density at radius 2 is 2.19 bits per heavy atom. The quantitative estimate of drug-likeness (QED) is 0.742. The number of halogens is 1. The van der Waals surface area contributed by atoms with Crippen LogP contribution in [0.4, 0.5) is 4.39 Å². The Balaban J connectivity index is 2.88. The fourth-order valence-electron chi connectivity index (χ4n) is 1.97. The highest BCUT2D eigenvalue weighted by Gasteiger charge is 2.10. The highest BCUT2D eigenvalue weighted by Crippen LogP contribution is 2.25. The van der Waals surface area contributed by atoms with Crippen LogP contribution in [0.15, 0.2) is 42.1 Å². The molecule has 0 bridgehead atoms. The Labute approximate surface area is 126 Å². The Kier molecular flexibility index (Phi) is 7.69. The molecule has 0 spiro atoms. The van der Waals surface area contributed by atoms with Gasteiger partial charge in [0.2, 0.25) is 5.88 Å². The zero-order valence-electron chi connectivity index (χ0n) is 13.1. The number of alkyl halides is 1. The van der Waals surface area contributed by atoms with E-state index in [1.165, 1.54) is 5.57 Å². The average Bonchev–Trinajstić information content (AvgIpc) is 2.49. The van der Waals surface area contributed by atoms with Gasteiger partial charge in [-0.25, -0.2) is 9.37 Å². The summed E-state index contributed by atoms with van der Waals surface area (Å²) in [5.41, 5.74) is 8.13. The summed E-state index contributed by atoms with van der Waals surface area (Å²) in [6, 6.07) is 3.73. The monoisotopic (exact) mass is 292 g/mol. The van der Waals surface area contributed by atoms with Crippen LogP contribution in [-0.4, -0.2) is 24.3 Å². The summed E-state index contributed by atoms with van der Waals surface area (Å²) in [7, 11) is 0. The molecule has 0 saturated heterocycles. The standard InChI is InChI=1S/C17H25FN2O/c1-4-5-6-15(11-13(2)19)14(3)16-7-8-17(20-12-16)21-10-9-18/h5-8,11-14H,4,9-10,19H2,1-3H3/b6-5+,15-11+. The van der Waals surface area contributed by atoms with Crippen LogP contribution in [0.2, 0.25) is 0 Å². The molecule has 3 nitrogen and oxygen atoms in total. The summed E-state index contributed by atoms with van der Waals surface area (Å²) in [6.45, 7) is 5.70. The van der Waals surface area contributed by atoms with E-state index in [1.54, 1.807) is 12.3 Å². The van der Waals surface area contributed by atoms with Gasteiger partial charge in [0.1, 0.15) is 13.3 Å². The van der Waals surface area contributed by atoms with Gasteiger partial charge in [-0.3, -0.25) is 0 Å². The van der Waals surface area contributed by atoms with Gasteiger partial charge in [-0.15, -0.1) is 0 Å². The number of aromatic nitrogens is 1. The van der Waals surface area contributed by atoms with E-state index >= 15 is 0 Å². The van der Waals surface area contributed by atoms with Crippen LogP contribution in [0.1, 0.15) is 38.7 Å². The minimum atomic E-state index is -0.511. The van der Waals surface area contributed by atoms with Crippen molar-refractivity contribution in [2.75, 3.05) is 13.3 Å². The molecule has 0 radical (unpaired) electrons. The Hall–Kier alpha value is -1.68. The first-order chi connectivity index (χ1) is 10.1. The third kappa shape index (κ3) is 6.08. The van der Waals surface area contributed by atoms with E-state index in [-0.39, 0.29) is 18.6 Å². The van der Waals surface area contributed by atoms with Gasteiger partial charge in [-0.1, -0.05) is 38.1 Å². The Morgan fingerprint density at radius 3 is 2.71 bits per heavy atom. The fourth-order valence-corrected chi connectivity index (χ4v) is 1.97. The molecule has 2 N–H and O–H groups in total. The van der Waals surface area contributed by atoms with E-state index in [4.69, 9.17) is 10.5 Å². The van der Waals surface area contributed by atoms with Crippen molar-refractivity contribution in [3.63, 3.8) is 0 Å². The third-order valence-corrected chi connectivity index (χ3v) is 3.09. The number of rotatable bonds is 8. The lowest BCUT2D eigenvalue weighted by atomic mass is 9.92. The molecule has 1 aromatic heterocycles. The van der Waals surface area contributed by atoms with E-state index < -0.39 is 6.67 Å². The number of allylic oxidation sites excluding steroid dienone is 3. The molecule has 1 aromatic rings. The topological polar surface area (TPSA) is 48.1 Å². The smallest absolute Gasteiger partial charge is 0.213 e. The predicted molar refractivity (Wildman–Crippen MR) is 85.3 cm³/mol. The zero-order valence-corrected chi connectivity index (χ0v) is 13.1. The molecule has 1 rings (SSSR count). The van der Waals surface area contributed by atoms with Gasteiger partial charge in [-0.2, -0.15) is 0 Å². The van der Waals surface area contributed by atoms with Gasteiger partial charge in [0.15, 0.2) is 0 Å². The van der Waals surface area contributed by atoms with Crippen LogP contribution in [0.5, 0.6) is 5.88 Å². The summed E-state index contributed by atoms with van der Waals surface area (Å²) in [4.78, 5) is 4.21. The second-order valence-corrected chi connectivity index (χ2v) is 5.03. The number of nitrogens with zero attached hydrogens (tertiary/aromatic N) is 1. The van der Waals surface area contributed by atoms with E-state index in [2.05, 4.69) is 37.1 Å². The lowest BCUT2D eigenvalue weighted by Gasteiger charge is -2.15. The van der Waals surface area contributed by atoms with E-state index in [0.717, 1.165) is 12.0 Å². The maximum absolute atomic E-state index is 12.1. The number of ether oxygens (including phenoxy) is 1. The van der Waals surface area contributed by atoms with Crippen LogP contribution in [0, 0.1) is 0 Å². The minimum absolute atomic E-state index is 0.00377. The molecule has 4 heteroatoms. The predicted octanol–water partition coefficient (Wildman–Crippen LogP) is 3.77. The van der Waals surface area contributed by atoms with Crippen molar-refractivity contribution >= 4 is 0 Å². The molecule has 0 amide bonds. The van der Waals surface area contributed by atoms with Crippen molar-refractivity contribution in [1.82, 2.24) is 4.98 Å². The molecule has 0 aromatic carbocycles. The molecule has 21 heavy (non-hydrogen) atoms. The number of pyridine rings is 1. The molecular formula is C17H25FN2O. The zero-order chi connectivity index (χ0) is 15.7. The molecule has 116 valence electrons. The number of hydrogen-bond donors (Lipinski definition) is 1. The first-order valence-electron chi connectivity index (χ1n) is 7.37. The fraction of sp³-hybridized carbons (Fsp3) is 0.471. The van der Waals surface area contributed by atoms with Crippen molar-refractivity contribution in [2.45, 2.75) is 39.2 Å². The SMILES string of the molecule is CC/C=C/C(=C\C(C)N)C(C)c1ccc(OCCF)nc1. The van der Waals surface area contributed by atoms with Crippen LogP contribution < -0.4 is 10.5 Å². The van der Waals surface area contributed by atoms with Crippen molar-refractivity contribution in [2.24, 2.45) is 5.73 Å². The van der Waals surface area contributed by atoms with Crippen molar-refractivity contribution in [1.29, 1.82) is 0 Å². The molecule has 2 unspecified atom stereocenters. The van der Waals surface area contributed by atoms with Gasteiger partial charge >= 0.3 is 0 Å². The summed E-state index contributed by atoms with van der Waals surface area (Å²) in [6.07, 6.45) is 9.05. The van der Waals surface area contributed by atoms with Crippen LogP contribution >= 0.6 is 0 Å². The van der Waals surface area contributed by atoms with E-state index in [9.17, 15) is 4.39 Å². The normalized spacial score (nSPS) is 15.2. The molecule has 0 fully saturated rings. The third-order valence-electron chi connectivity index (χ3n) is 3.09. The molecule has 0 aliphatic carbocycles. The van der Waals surface area contributed by atoms with Gasteiger partial charge in [0, 0.05) is 24.2 Å². The van der Waals surface area contributed by atoms with Gasteiger partial charge in [0.25, 0.3) is 0 Å². The van der Waals surface area contributed by atoms with Gasteiger partial charge in [-0.05, 0) is 24.5 Å². The lowest BCUT2D eigenvalue weighted by molar-refractivity contribution is 0.264. The molecule has 0 aliphatic rings. The largest absolute Gasteiger partial charge is 0.475 e. The molecule has 0 aliphatic heterocycles. The number of hydrogen-bond acceptors (Lipinski definition) is 3. The van der Waals surface area contributed by atoms with Crippen molar-refractivity contribution in [3.8, 4) is 5.88 Å². The van der Waals surface area contributed by atoms with Crippen molar-refractivity contribution in [3.05, 3.63) is 47.7 Å². The summed E-state index contributed by atoms with van der Waals surface area (Å²) >= 11 is 0. The van der Waals surface area contributed by atoms with Gasteiger partial charge in [0.05, 0.1) is 0 Å². The molecule has 0 saturated carbocycles. The van der Waals surface area contributed by atoms with E-state index in [0.29, 0.717) is 5.88 Å². The molecule has 1 heterocycles. The average molecular weight is 292 g/mol. The molecular weight excluding hydrogens is 267 g/mol. The summed E-state index contributed by atoms with van der Waals surface area (Å²) in [5.74, 6) is 0.645. The van der Waals surface area contributed by atoms with Crippen LogP contribution in [-0.2, 0) is 0 Å². The number of nitrogens with two attached hydrogens (primary N) is 1. The Bertz CT molecular complexity index is 466. The second kappa shape index (κ2) is 9.29. The summed E-state index contributed by atoms with van der Waals surface area (Å²) in [5, 5.41) is 0. The second-order valence-electron chi connectivity index (χ2n) is 5.03. The maximum Gasteiger partial charge on any atom is 0.213 e. The molecule has 2 atom stereocenters. The Morgan fingerprint density at radius 1 is 1.43 bits per heavy atom. The van der Waals surface area contributed by atoms with Gasteiger partial charge < -0.3 is 10.5 Å². The first-order valence-corrected chi connectivity index (χ1v) is 7.37. The van der Waals surface area contributed by atoms with Crippen LogP contribution in [0.25, 0.3) is 0 Å². The summed E-state index contributed by atoms with van der Waals surface area (Å²) < 4.78 is 17.2. The highest BCUT2D eigenvalue weighted by molar-refractivity contribution is 5.34. The first kappa shape index (κ1) is 17.4. The minimum Gasteiger partial charge on any atom is -0.475 e.